The molecule has 3 aromatic rings. The molecule has 6 nitrogen and oxygen atoms in total. The van der Waals surface area contributed by atoms with Gasteiger partial charge in [-0.15, -0.1) is 0 Å². The summed E-state index contributed by atoms with van der Waals surface area (Å²) in [6.07, 6.45) is 3.56. The van der Waals surface area contributed by atoms with E-state index < -0.39 is 0 Å². The summed E-state index contributed by atoms with van der Waals surface area (Å²) in [6, 6.07) is 8.29. The quantitative estimate of drug-likeness (QED) is 0.674. The molecule has 0 saturated carbocycles. The van der Waals surface area contributed by atoms with E-state index >= 15 is 0 Å². The molecule has 1 saturated heterocycles. The molecule has 7 heteroatoms. The zero-order valence-electron chi connectivity index (χ0n) is 17.2. The zero-order valence-corrected chi connectivity index (χ0v) is 17.9. The monoisotopic (exact) mass is 423 g/mol. The van der Waals surface area contributed by atoms with Crippen LogP contribution in [0, 0.1) is 6.92 Å². The fourth-order valence-electron chi connectivity index (χ4n) is 4.71. The minimum atomic E-state index is 0.0466. The van der Waals surface area contributed by atoms with Crippen LogP contribution in [0.4, 0.5) is 11.5 Å². The van der Waals surface area contributed by atoms with Crippen molar-refractivity contribution in [1.82, 2.24) is 14.9 Å². The molecule has 156 valence electrons. The van der Waals surface area contributed by atoms with E-state index in [0.29, 0.717) is 5.02 Å². The molecular formula is C23H26ClN5O. The standard InChI is InChI=1S/C23H26ClN5O/c1-15-11-16(12-19-21(15)22-18(23(30)27-19)3-2-6-25-22)14-28-7-9-29(10-8-28)20-5-4-17(24)13-26-20/h4-5,11-13,25H,2-3,6-10,14H2,1H3,(H,27,30). The maximum Gasteiger partial charge on any atom is 0.253 e. The van der Waals surface area contributed by atoms with Crippen molar-refractivity contribution in [3.05, 3.63) is 62.5 Å². The number of hydrogen-bond donors (Lipinski definition) is 2. The van der Waals surface area contributed by atoms with Crippen LogP contribution in [0.15, 0.2) is 35.3 Å². The van der Waals surface area contributed by atoms with Crippen LogP contribution >= 0.6 is 11.6 Å². The number of rotatable bonds is 3. The smallest absolute Gasteiger partial charge is 0.253 e. The van der Waals surface area contributed by atoms with Gasteiger partial charge in [-0.1, -0.05) is 17.7 Å². The molecule has 0 atom stereocenters. The SMILES string of the molecule is Cc1cc(CN2CCN(c3ccc(Cl)cn3)CC2)cc2[nH]c(=O)c3c(c12)NCCC3. The van der Waals surface area contributed by atoms with E-state index in [1.54, 1.807) is 6.20 Å². The maximum atomic E-state index is 12.6. The van der Waals surface area contributed by atoms with Crippen LogP contribution in [0.25, 0.3) is 10.9 Å². The van der Waals surface area contributed by atoms with Crippen LogP contribution in [0.5, 0.6) is 0 Å². The number of nitrogens with one attached hydrogen (secondary N) is 2. The van der Waals surface area contributed by atoms with Crippen molar-refractivity contribution in [2.24, 2.45) is 0 Å². The number of H-pyrrole nitrogens is 1. The molecule has 0 bridgehead atoms. The molecular weight excluding hydrogens is 398 g/mol. The zero-order chi connectivity index (χ0) is 20.7. The molecule has 2 aromatic heterocycles. The van der Waals surface area contributed by atoms with Crippen LogP contribution in [0.3, 0.4) is 0 Å². The van der Waals surface area contributed by atoms with Gasteiger partial charge in [0.2, 0.25) is 0 Å². The van der Waals surface area contributed by atoms with Gasteiger partial charge in [0.25, 0.3) is 5.56 Å². The first-order chi connectivity index (χ1) is 14.6. The number of aryl methyl sites for hydroxylation is 1. The van der Waals surface area contributed by atoms with Crippen molar-refractivity contribution in [2.45, 2.75) is 26.3 Å². The number of fused-ring (bicyclic) bond motifs is 3. The Hall–Kier alpha value is -2.57. The Morgan fingerprint density at radius 3 is 2.77 bits per heavy atom. The van der Waals surface area contributed by atoms with Crippen molar-refractivity contribution in [3.63, 3.8) is 0 Å². The maximum absolute atomic E-state index is 12.6. The van der Waals surface area contributed by atoms with Crippen molar-refractivity contribution in [3.8, 4) is 0 Å². The number of benzene rings is 1. The average Bonchev–Trinajstić information content (AvgIpc) is 2.75. The number of hydrogen-bond acceptors (Lipinski definition) is 5. The Bertz CT molecular complexity index is 1130. The second-order valence-corrected chi connectivity index (χ2v) is 8.71. The summed E-state index contributed by atoms with van der Waals surface area (Å²) in [6.45, 7) is 7.79. The fraction of sp³-hybridized carbons (Fsp3) is 0.391. The van der Waals surface area contributed by atoms with Gasteiger partial charge in [0, 0.05) is 56.4 Å². The summed E-state index contributed by atoms with van der Waals surface area (Å²) in [5, 5.41) is 5.29. The molecule has 5 rings (SSSR count). The first-order valence-electron chi connectivity index (χ1n) is 10.6. The van der Waals surface area contributed by atoms with E-state index in [9.17, 15) is 4.79 Å². The number of anilines is 2. The third-order valence-corrected chi connectivity index (χ3v) is 6.41. The first-order valence-corrected chi connectivity index (χ1v) is 11.0. The summed E-state index contributed by atoms with van der Waals surface area (Å²) in [7, 11) is 0. The summed E-state index contributed by atoms with van der Waals surface area (Å²) in [5.74, 6) is 0.982. The normalized spacial score (nSPS) is 17.1. The van der Waals surface area contributed by atoms with Crippen LogP contribution in [0.1, 0.15) is 23.1 Å². The van der Waals surface area contributed by atoms with E-state index in [1.807, 2.05) is 12.1 Å². The molecule has 30 heavy (non-hydrogen) atoms. The largest absolute Gasteiger partial charge is 0.384 e. The number of pyridine rings is 2. The average molecular weight is 424 g/mol. The molecule has 1 fully saturated rings. The predicted octanol–water partition coefficient (Wildman–Crippen LogP) is 3.57. The van der Waals surface area contributed by atoms with E-state index in [1.165, 1.54) is 11.1 Å². The highest BCUT2D eigenvalue weighted by molar-refractivity contribution is 6.30. The van der Waals surface area contributed by atoms with Gasteiger partial charge in [-0.3, -0.25) is 9.69 Å². The molecule has 0 amide bonds. The van der Waals surface area contributed by atoms with Crippen LogP contribution in [-0.4, -0.2) is 47.6 Å². The molecule has 2 aliphatic rings. The number of aromatic nitrogens is 2. The van der Waals surface area contributed by atoms with Gasteiger partial charge >= 0.3 is 0 Å². The van der Waals surface area contributed by atoms with Gasteiger partial charge in [0.15, 0.2) is 0 Å². The summed E-state index contributed by atoms with van der Waals surface area (Å²) < 4.78 is 0. The van der Waals surface area contributed by atoms with Crippen LogP contribution < -0.4 is 15.8 Å². The molecule has 0 spiro atoms. The molecule has 4 heterocycles. The molecule has 0 unspecified atom stereocenters. The highest BCUT2D eigenvalue weighted by Crippen LogP contribution is 2.31. The molecule has 2 N–H and O–H groups in total. The molecule has 0 radical (unpaired) electrons. The van der Waals surface area contributed by atoms with Crippen molar-refractivity contribution in [1.29, 1.82) is 0 Å². The molecule has 1 aromatic carbocycles. The molecule has 0 aliphatic carbocycles. The van der Waals surface area contributed by atoms with Gasteiger partial charge in [0.1, 0.15) is 5.82 Å². The predicted molar refractivity (Wildman–Crippen MR) is 123 cm³/mol. The minimum Gasteiger partial charge on any atom is -0.384 e. The van der Waals surface area contributed by atoms with Gasteiger partial charge in [-0.2, -0.15) is 0 Å². The van der Waals surface area contributed by atoms with E-state index in [-0.39, 0.29) is 5.56 Å². The Labute approximate surface area is 180 Å². The summed E-state index contributed by atoms with van der Waals surface area (Å²) in [4.78, 5) is 24.9. The lowest BCUT2D eigenvalue weighted by Crippen LogP contribution is -2.46. The number of aromatic amines is 1. The van der Waals surface area contributed by atoms with Crippen molar-refractivity contribution >= 4 is 34.0 Å². The van der Waals surface area contributed by atoms with E-state index in [0.717, 1.165) is 80.1 Å². The van der Waals surface area contributed by atoms with Gasteiger partial charge in [0.05, 0.1) is 16.2 Å². The number of nitrogens with zero attached hydrogens (tertiary/aromatic N) is 3. The fourth-order valence-corrected chi connectivity index (χ4v) is 4.82. The van der Waals surface area contributed by atoms with E-state index in [2.05, 4.69) is 44.1 Å². The van der Waals surface area contributed by atoms with Gasteiger partial charge in [-0.05, 0) is 49.1 Å². The first kappa shape index (κ1) is 19.4. The number of piperazine rings is 1. The van der Waals surface area contributed by atoms with E-state index in [4.69, 9.17) is 11.6 Å². The summed E-state index contributed by atoms with van der Waals surface area (Å²) >= 11 is 5.95. The minimum absolute atomic E-state index is 0.0466. The lowest BCUT2D eigenvalue weighted by Gasteiger charge is -2.35. The van der Waals surface area contributed by atoms with Crippen LogP contribution in [0.2, 0.25) is 5.02 Å². The third kappa shape index (κ3) is 3.66. The number of halogens is 1. The highest BCUT2D eigenvalue weighted by atomic mass is 35.5. The van der Waals surface area contributed by atoms with Crippen molar-refractivity contribution < 1.29 is 0 Å². The van der Waals surface area contributed by atoms with Crippen LogP contribution in [-0.2, 0) is 13.0 Å². The summed E-state index contributed by atoms with van der Waals surface area (Å²) in [5.41, 5.74) is 5.38. The Kier molecular flexibility index (Phi) is 5.13. The lowest BCUT2D eigenvalue weighted by atomic mass is 9.97. The second-order valence-electron chi connectivity index (χ2n) is 8.27. The highest BCUT2D eigenvalue weighted by Gasteiger charge is 2.20. The van der Waals surface area contributed by atoms with Crippen molar-refractivity contribution in [2.75, 3.05) is 42.9 Å². The Morgan fingerprint density at radius 2 is 2.00 bits per heavy atom. The second kappa shape index (κ2) is 7.93. The third-order valence-electron chi connectivity index (χ3n) is 6.19. The van der Waals surface area contributed by atoms with Gasteiger partial charge < -0.3 is 15.2 Å². The Balaban J connectivity index is 1.34. The Morgan fingerprint density at radius 1 is 1.17 bits per heavy atom. The molecule has 2 aliphatic heterocycles. The lowest BCUT2D eigenvalue weighted by molar-refractivity contribution is 0.249. The topological polar surface area (TPSA) is 64.3 Å². The van der Waals surface area contributed by atoms with Gasteiger partial charge in [-0.25, -0.2) is 4.98 Å².